The fraction of sp³-hybridized carbons (Fsp3) is 0.100. The van der Waals surface area contributed by atoms with Crippen LogP contribution in [0, 0.1) is 10.2 Å². The summed E-state index contributed by atoms with van der Waals surface area (Å²) in [7, 11) is -2.89. The predicted molar refractivity (Wildman–Crippen MR) is 50.9 cm³/mol. The largest absolute Gasteiger partial charge is 0.222 e. The Balaban J connectivity index is 0.000000249. The SMILES string of the molecule is C[n+]1ccc(-c2ccccc2)s1.[O-][Cl+3]([O-])([O-])[O-]. The van der Waals surface area contributed by atoms with Crippen LogP contribution in [0.2, 0.25) is 0 Å². The van der Waals surface area contributed by atoms with E-state index in [-0.39, 0.29) is 0 Å². The molecule has 0 radical (unpaired) electrons. The Morgan fingerprint density at radius 1 is 1.00 bits per heavy atom. The quantitative estimate of drug-likeness (QED) is 0.537. The highest BCUT2D eigenvalue weighted by Gasteiger charge is 2.04. The summed E-state index contributed by atoms with van der Waals surface area (Å²) >= 11 is 1.76. The van der Waals surface area contributed by atoms with Crippen molar-refractivity contribution in [1.82, 2.24) is 0 Å². The number of hydrogen-bond acceptors (Lipinski definition) is 5. The maximum absolute atomic E-state index is 8.49. The molecule has 0 unspecified atom stereocenters. The van der Waals surface area contributed by atoms with Crippen molar-refractivity contribution < 1.29 is 32.8 Å². The highest BCUT2D eigenvalue weighted by molar-refractivity contribution is 7.05. The summed E-state index contributed by atoms with van der Waals surface area (Å²) in [5.41, 5.74) is 1.29. The first-order valence-corrected chi connectivity index (χ1v) is 6.50. The monoisotopic (exact) mass is 275 g/mol. The van der Waals surface area contributed by atoms with Gasteiger partial charge in [0.25, 0.3) is 0 Å². The van der Waals surface area contributed by atoms with Crippen molar-refractivity contribution in [1.29, 1.82) is 0 Å². The Morgan fingerprint density at radius 2 is 1.53 bits per heavy atom. The molecule has 0 bridgehead atoms. The molecule has 5 nitrogen and oxygen atoms in total. The van der Waals surface area contributed by atoms with E-state index >= 15 is 0 Å². The van der Waals surface area contributed by atoms with Crippen LogP contribution in [0.1, 0.15) is 0 Å². The van der Waals surface area contributed by atoms with E-state index in [1.807, 2.05) is 6.07 Å². The van der Waals surface area contributed by atoms with E-state index < -0.39 is 10.2 Å². The standard InChI is InChI=1S/C10H10NS.ClHO4/c1-11-8-7-10(12-11)9-5-3-2-4-6-9;2-1(3,4)5/h2-8H,1H3;(H,2,3,4,5)/q+1;/p-1. The van der Waals surface area contributed by atoms with Crippen molar-refractivity contribution in [3.05, 3.63) is 42.6 Å². The summed E-state index contributed by atoms with van der Waals surface area (Å²) in [6.45, 7) is 0. The molecule has 0 saturated carbocycles. The Kier molecular flexibility index (Phi) is 5.01. The third-order valence-corrected chi connectivity index (χ3v) is 2.71. The van der Waals surface area contributed by atoms with Crippen molar-refractivity contribution in [3.8, 4) is 10.4 Å². The topological polar surface area (TPSA) is 96.1 Å². The molecular weight excluding hydrogens is 266 g/mol. The van der Waals surface area contributed by atoms with Crippen LogP contribution in [0.3, 0.4) is 0 Å². The number of hydrogen-bond donors (Lipinski definition) is 0. The first kappa shape index (κ1) is 14.0. The van der Waals surface area contributed by atoms with Crippen molar-refractivity contribution in [3.63, 3.8) is 0 Å². The molecule has 17 heavy (non-hydrogen) atoms. The van der Waals surface area contributed by atoms with Gasteiger partial charge in [0.2, 0.25) is 0 Å². The fourth-order valence-electron chi connectivity index (χ4n) is 1.14. The zero-order valence-corrected chi connectivity index (χ0v) is 10.5. The summed E-state index contributed by atoms with van der Waals surface area (Å²) in [6, 6.07) is 12.6. The normalized spacial score (nSPS) is 10.6. The first-order chi connectivity index (χ1) is 7.86. The van der Waals surface area contributed by atoms with Crippen molar-refractivity contribution >= 4 is 11.5 Å². The van der Waals surface area contributed by atoms with Crippen LogP contribution in [0.25, 0.3) is 10.4 Å². The molecule has 0 aliphatic heterocycles. The molecule has 0 saturated heterocycles. The molecule has 0 N–H and O–H groups in total. The van der Waals surface area contributed by atoms with Crippen molar-refractivity contribution in [2.24, 2.45) is 7.05 Å². The van der Waals surface area contributed by atoms with Gasteiger partial charge in [-0.2, -0.15) is 0 Å². The minimum absolute atomic E-state index is 1.29. The van der Waals surface area contributed by atoms with Gasteiger partial charge in [-0.25, -0.2) is 18.6 Å². The molecule has 1 aromatic heterocycles. The van der Waals surface area contributed by atoms with Gasteiger partial charge < -0.3 is 0 Å². The second-order valence-corrected chi connectivity index (χ2v) is 5.02. The summed E-state index contributed by atoms with van der Waals surface area (Å²) in [4.78, 5) is 1.32. The van der Waals surface area contributed by atoms with Gasteiger partial charge in [0, 0.05) is 6.07 Å². The van der Waals surface area contributed by atoms with Crippen LogP contribution in [-0.2, 0) is 7.05 Å². The molecule has 1 heterocycles. The molecule has 2 aromatic rings. The summed E-state index contributed by atoms with van der Waals surface area (Å²) in [6.07, 6.45) is 2.08. The molecule has 7 heteroatoms. The maximum atomic E-state index is 8.49. The lowest BCUT2D eigenvalue weighted by molar-refractivity contribution is -2.00. The lowest BCUT2D eigenvalue weighted by Crippen LogP contribution is -2.68. The minimum Gasteiger partial charge on any atom is -0.222 e. The van der Waals surface area contributed by atoms with Crippen LogP contribution >= 0.6 is 11.5 Å². The van der Waals surface area contributed by atoms with E-state index in [4.69, 9.17) is 18.6 Å². The molecule has 2 rings (SSSR count). The van der Waals surface area contributed by atoms with E-state index in [0.717, 1.165) is 0 Å². The van der Waals surface area contributed by atoms with E-state index in [2.05, 4.69) is 47.5 Å². The van der Waals surface area contributed by atoms with Crippen LogP contribution in [-0.4, -0.2) is 0 Å². The van der Waals surface area contributed by atoms with Crippen LogP contribution < -0.4 is 22.6 Å². The van der Waals surface area contributed by atoms with Gasteiger partial charge in [-0.15, -0.1) is 14.2 Å². The highest BCUT2D eigenvalue weighted by atomic mass is 35.7. The Hall–Kier alpha value is -1.02. The molecular formula is C10H10ClNO4S. The van der Waals surface area contributed by atoms with Crippen LogP contribution in [0.5, 0.6) is 0 Å². The van der Waals surface area contributed by atoms with E-state index in [1.54, 1.807) is 11.5 Å². The van der Waals surface area contributed by atoms with E-state index in [0.29, 0.717) is 0 Å². The number of rotatable bonds is 1. The lowest BCUT2D eigenvalue weighted by atomic mass is 10.2. The molecule has 0 amide bonds. The Labute approximate surface area is 105 Å². The third kappa shape index (κ3) is 6.32. The van der Waals surface area contributed by atoms with Gasteiger partial charge in [0.05, 0.1) is 0 Å². The number of aryl methyl sites for hydroxylation is 1. The average molecular weight is 276 g/mol. The molecule has 0 atom stereocenters. The molecule has 0 aliphatic rings. The molecule has 1 aromatic carbocycles. The summed E-state index contributed by atoms with van der Waals surface area (Å²) in [5.74, 6) is 0. The van der Waals surface area contributed by atoms with Gasteiger partial charge in [0.1, 0.15) is 16.4 Å². The predicted octanol–water partition coefficient (Wildman–Crippen LogP) is -2.52. The van der Waals surface area contributed by atoms with Gasteiger partial charge in [0.15, 0.2) is 13.2 Å². The van der Waals surface area contributed by atoms with E-state index in [9.17, 15) is 0 Å². The zero-order valence-electron chi connectivity index (χ0n) is 8.91. The smallest absolute Gasteiger partial charge is 0.184 e. The van der Waals surface area contributed by atoms with Gasteiger partial charge >= 0.3 is 0 Å². The Bertz CT molecular complexity index is 449. The average Bonchev–Trinajstić information content (AvgIpc) is 2.64. The highest BCUT2D eigenvalue weighted by Crippen LogP contribution is 2.20. The van der Waals surface area contributed by atoms with E-state index in [1.165, 1.54) is 10.4 Å². The zero-order chi connectivity index (χ0) is 12.9. The fourth-order valence-corrected chi connectivity index (χ4v) is 1.94. The van der Waals surface area contributed by atoms with Crippen LogP contribution in [0.4, 0.5) is 0 Å². The first-order valence-electron chi connectivity index (χ1n) is 4.49. The summed E-state index contributed by atoms with van der Waals surface area (Å²) < 4.78 is 36.1. The second kappa shape index (κ2) is 6.06. The van der Waals surface area contributed by atoms with Crippen LogP contribution in [0.15, 0.2) is 42.6 Å². The molecule has 0 fully saturated rings. The van der Waals surface area contributed by atoms with Gasteiger partial charge in [-0.1, -0.05) is 30.3 Å². The lowest BCUT2D eigenvalue weighted by Gasteiger charge is -2.17. The summed E-state index contributed by atoms with van der Waals surface area (Å²) in [5, 5.41) is 0. The number of aromatic nitrogens is 1. The number of nitrogens with zero attached hydrogens (tertiary/aromatic N) is 1. The third-order valence-electron chi connectivity index (χ3n) is 1.74. The van der Waals surface area contributed by atoms with Crippen molar-refractivity contribution in [2.45, 2.75) is 0 Å². The second-order valence-electron chi connectivity index (χ2n) is 3.06. The minimum atomic E-state index is -4.94. The van der Waals surface area contributed by atoms with Gasteiger partial charge in [-0.05, 0) is 5.56 Å². The molecule has 92 valence electrons. The van der Waals surface area contributed by atoms with Crippen molar-refractivity contribution in [2.75, 3.05) is 0 Å². The van der Waals surface area contributed by atoms with Gasteiger partial charge in [-0.3, -0.25) is 0 Å². The maximum Gasteiger partial charge on any atom is 0.184 e. The molecule has 0 spiro atoms. The Morgan fingerprint density at radius 3 is 1.94 bits per heavy atom. The molecule has 0 aliphatic carbocycles. The number of halogens is 1. The number of benzene rings is 1.